The molecule has 0 aliphatic heterocycles. The maximum atomic E-state index is 2.48. The van der Waals surface area contributed by atoms with Crippen LogP contribution in [-0.2, 0) is 11.8 Å². The third kappa shape index (κ3) is 12.2. The Morgan fingerprint density at radius 3 is 1.71 bits per heavy atom. The molecule has 12 rings (SSSR count). The molecular weight excluding hydrogens is 939 g/mol. The van der Waals surface area contributed by atoms with E-state index in [2.05, 4.69) is 268 Å². The van der Waals surface area contributed by atoms with Crippen molar-refractivity contribution in [3.8, 4) is 22.3 Å². The van der Waals surface area contributed by atoms with Crippen molar-refractivity contribution in [2.75, 3.05) is 4.90 Å². The first kappa shape index (κ1) is 54.0. The first-order valence-corrected chi connectivity index (χ1v) is 28.1. The van der Waals surface area contributed by atoms with Crippen molar-refractivity contribution < 1.29 is 0 Å². The molecule has 1 heteroatoms. The van der Waals surface area contributed by atoms with Gasteiger partial charge in [-0.3, -0.25) is 0 Å². The Hall–Kier alpha value is -8.78. The number of hydrogen-bond acceptors (Lipinski definition) is 1. The van der Waals surface area contributed by atoms with Crippen LogP contribution in [0.15, 0.2) is 296 Å². The van der Waals surface area contributed by atoms with E-state index in [4.69, 9.17) is 0 Å². The van der Waals surface area contributed by atoms with Crippen LogP contribution in [0.25, 0.3) is 54.9 Å². The van der Waals surface area contributed by atoms with E-state index in [1.807, 2.05) is 64.1 Å². The van der Waals surface area contributed by atoms with Crippen LogP contribution >= 0.6 is 0 Å². The van der Waals surface area contributed by atoms with Crippen LogP contribution in [0.2, 0.25) is 0 Å². The van der Waals surface area contributed by atoms with Crippen molar-refractivity contribution in [3.05, 3.63) is 324 Å². The van der Waals surface area contributed by atoms with Gasteiger partial charge in [0.25, 0.3) is 0 Å². The van der Waals surface area contributed by atoms with Crippen molar-refractivity contribution in [3.63, 3.8) is 0 Å². The second-order valence-corrected chi connectivity index (χ2v) is 19.9. The Bertz CT molecular complexity index is 3710. The first-order valence-electron chi connectivity index (χ1n) is 28.1. The van der Waals surface area contributed by atoms with E-state index < -0.39 is 0 Å². The fraction of sp³-hybridized carbons (Fsp3) is 0.143. The smallest absolute Gasteiger partial charge is 0.0458 e. The van der Waals surface area contributed by atoms with E-state index in [1.165, 1.54) is 99.6 Å². The Morgan fingerprint density at radius 2 is 0.987 bits per heavy atom. The van der Waals surface area contributed by atoms with Gasteiger partial charge in [-0.2, -0.15) is 0 Å². The molecule has 0 fully saturated rings. The summed E-state index contributed by atoms with van der Waals surface area (Å²) in [5, 5.41) is 5.10. The van der Waals surface area contributed by atoms with Gasteiger partial charge in [0.15, 0.2) is 0 Å². The lowest BCUT2D eigenvalue weighted by atomic mass is 9.81. The van der Waals surface area contributed by atoms with Gasteiger partial charge in [0, 0.05) is 22.5 Å². The molecule has 0 saturated heterocycles. The van der Waals surface area contributed by atoms with E-state index >= 15 is 0 Å². The number of nitrogens with zero attached hydrogens (tertiary/aromatic N) is 1. The standard InChI is InChI=1S/C67H55N.C6H6.2C2H6/c1-47-18-6-5-15-40-67(3,57-23-7-4-8-24-57)41-17-22-51(42-48(47)2)49-32-36-58(37-33-49)68(60-25-16-21-52(44-60)53-30-31-56-43-54-19-9-12-27-62(54)66(56)45-53)59-38-34-50(35-39-59)65-46-55-20-10-11-26-61(55)63-28-13-14-29-64(63)65;1-2-4-6-5-3-1;2*1-2/h4-15,17-24,26-42,44-46H,16,25,43H2,1-3H3;1-6H;2*1-2H3/b6-5-,40-15?,41-17?,47-18+,48-42+,51-22+;;;. The molecule has 9 aromatic rings. The van der Waals surface area contributed by atoms with Crippen LogP contribution in [0.3, 0.4) is 0 Å². The molecule has 1 unspecified atom stereocenters. The van der Waals surface area contributed by atoms with Crippen molar-refractivity contribution in [2.45, 2.75) is 73.1 Å². The number of benzene rings is 9. The van der Waals surface area contributed by atoms with Gasteiger partial charge >= 0.3 is 0 Å². The van der Waals surface area contributed by atoms with Crippen LogP contribution < -0.4 is 4.90 Å². The summed E-state index contributed by atoms with van der Waals surface area (Å²) >= 11 is 0. The Balaban J connectivity index is 0.000000680. The van der Waals surface area contributed by atoms with Gasteiger partial charge < -0.3 is 4.90 Å². The highest BCUT2D eigenvalue weighted by molar-refractivity contribution is 6.13. The summed E-state index contributed by atoms with van der Waals surface area (Å²) in [4.78, 5) is 2.48. The van der Waals surface area contributed by atoms with Crippen LogP contribution in [0.4, 0.5) is 11.4 Å². The highest BCUT2D eigenvalue weighted by Crippen LogP contribution is 2.42. The van der Waals surface area contributed by atoms with Crippen molar-refractivity contribution in [2.24, 2.45) is 0 Å². The molecule has 0 N–H and O–H groups in total. The Morgan fingerprint density at radius 1 is 0.410 bits per heavy atom. The summed E-state index contributed by atoms with van der Waals surface area (Å²) in [7, 11) is 0. The van der Waals surface area contributed by atoms with Crippen LogP contribution in [0, 0.1) is 0 Å². The van der Waals surface area contributed by atoms with Gasteiger partial charge in [0.1, 0.15) is 0 Å². The van der Waals surface area contributed by atoms with Gasteiger partial charge in [-0.05, 0) is 176 Å². The molecule has 0 spiro atoms. The third-order valence-electron chi connectivity index (χ3n) is 15.0. The van der Waals surface area contributed by atoms with E-state index in [9.17, 15) is 0 Å². The molecular formula is C77H73N. The lowest BCUT2D eigenvalue weighted by Gasteiger charge is -2.30. The minimum absolute atomic E-state index is 0.272. The van der Waals surface area contributed by atoms with Crippen LogP contribution in [0.5, 0.6) is 0 Å². The minimum atomic E-state index is -0.272. The van der Waals surface area contributed by atoms with Gasteiger partial charge in [-0.25, -0.2) is 0 Å². The predicted octanol–water partition coefficient (Wildman–Crippen LogP) is 21.8. The number of allylic oxidation sites excluding steroid dienone is 16. The van der Waals surface area contributed by atoms with E-state index in [0.29, 0.717) is 0 Å². The lowest BCUT2D eigenvalue weighted by Crippen LogP contribution is -2.18. The second kappa shape index (κ2) is 25.8. The third-order valence-corrected chi connectivity index (χ3v) is 15.0. The fourth-order valence-electron chi connectivity index (χ4n) is 10.7. The zero-order valence-electron chi connectivity index (χ0n) is 46.6. The summed E-state index contributed by atoms with van der Waals surface area (Å²) < 4.78 is 0. The van der Waals surface area contributed by atoms with Gasteiger partial charge in [0.2, 0.25) is 0 Å². The Kier molecular flexibility index (Phi) is 17.9. The van der Waals surface area contributed by atoms with Crippen molar-refractivity contribution >= 4 is 44.1 Å². The molecule has 0 aromatic heterocycles. The molecule has 9 aromatic carbocycles. The van der Waals surface area contributed by atoms with E-state index in [0.717, 1.165) is 30.6 Å². The molecule has 0 heterocycles. The minimum Gasteiger partial charge on any atom is -0.314 e. The molecule has 0 bridgehead atoms. The highest BCUT2D eigenvalue weighted by atomic mass is 15.1. The molecule has 386 valence electrons. The average Bonchev–Trinajstić information content (AvgIpc) is 3.99. The molecule has 3 aliphatic rings. The quantitative estimate of drug-likeness (QED) is 0.144. The maximum Gasteiger partial charge on any atom is 0.0458 e. The number of anilines is 2. The predicted molar refractivity (Wildman–Crippen MR) is 341 cm³/mol. The number of rotatable bonds is 7. The zero-order chi connectivity index (χ0) is 54.3. The molecule has 0 saturated carbocycles. The SMILES string of the molecule is CC.CC.CC1=C\C=C/C=CC(C)(c2ccccc2)C=C/C=C(c2ccc(N(C3=CC(c4ccc5c(c4)-c4ccccc4C5)=CCC3)c3ccc(-c4cc5ccccc5c5ccccc45)cc3)cc2)\C=C\1C.c1ccccc1. The molecule has 3 aliphatic carbocycles. The lowest BCUT2D eigenvalue weighted by molar-refractivity contribution is 0.757. The number of hydrogen-bond donors (Lipinski definition) is 0. The summed E-state index contributed by atoms with van der Waals surface area (Å²) in [6.45, 7) is 14.7. The largest absolute Gasteiger partial charge is 0.314 e. The molecule has 78 heavy (non-hydrogen) atoms. The first-order chi connectivity index (χ1) is 38.4. The van der Waals surface area contributed by atoms with Gasteiger partial charge in [0.05, 0.1) is 0 Å². The highest BCUT2D eigenvalue weighted by Gasteiger charge is 2.23. The van der Waals surface area contributed by atoms with Crippen LogP contribution in [0.1, 0.15) is 89.1 Å². The second-order valence-electron chi connectivity index (χ2n) is 19.9. The number of fused-ring (bicyclic) bond motifs is 6. The fourth-order valence-corrected chi connectivity index (χ4v) is 10.7. The monoisotopic (exact) mass is 1010 g/mol. The van der Waals surface area contributed by atoms with E-state index in [-0.39, 0.29) is 5.41 Å². The van der Waals surface area contributed by atoms with Crippen molar-refractivity contribution in [1.29, 1.82) is 0 Å². The molecule has 1 nitrogen and oxygen atoms in total. The summed E-state index contributed by atoms with van der Waals surface area (Å²) in [6.07, 6.45) is 27.8. The normalized spacial score (nSPS) is 17.9. The Labute approximate surface area is 465 Å². The van der Waals surface area contributed by atoms with Gasteiger partial charge in [-0.15, -0.1) is 0 Å². The van der Waals surface area contributed by atoms with Gasteiger partial charge in [-0.1, -0.05) is 264 Å². The zero-order valence-corrected chi connectivity index (χ0v) is 46.6. The molecule has 0 radical (unpaired) electrons. The summed E-state index contributed by atoms with van der Waals surface area (Å²) in [5.41, 5.74) is 19.9. The summed E-state index contributed by atoms with van der Waals surface area (Å²) in [6, 6.07) is 77.1. The summed E-state index contributed by atoms with van der Waals surface area (Å²) in [5.74, 6) is 0. The van der Waals surface area contributed by atoms with Crippen molar-refractivity contribution in [1.82, 2.24) is 0 Å². The topological polar surface area (TPSA) is 3.24 Å². The molecule has 1 atom stereocenters. The van der Waals surface area contributed by atoms with Crippen LogP contribution in [-0.4, -0.2) is 0 Å². The molecule has 0 amide bonds. The average molecular weight is 1010 g/mol. The maximum absolute atomic E-state index is 2.48. The van der Waals surface area contributed by atoms with E-state index in [1.54, 1.807) is 0 Å².